The molecule has 0 fully saturated rings. The van der Waals surface area contributed by atoms with E-state index in [1.54, 1.807) is 30.3 Å². The minimum atomic E-state index is -4.31. The van der Waals surface area contributed by atoms with E-state index >= 15 is 0 Å². The maximum absolute atomic E-state index is 13.5. The first-order chi connectivity index (χ1) is 17.1. The number of H-pyrrole nitrogens is 1. The zero-order chi connectivity index (χ0) is 25.8. The highest BCUT2D eigenvalue weighted by Gasteiger charge is 2.28. The number of aromatic nitrogens is 3. The summed E-state index contributed by atoms with van der Waals surface area (Å²) < 4.78 is 30.1. The van der Waals surface area contributed by atoms with E-state index < -0.39 is 27.2 Å². The number of carbonyl (C=O) groups is 1. The van der Waals surface area contributed by atoms with Gasteiger partial charge in [0.25, 0.3) is 21.5 Å². The average Bonchev–Trinajstić information content (AvgIpc) is 3.10. The van der Waals surface area contributed by atoms with Crippen molar-refractivity contribution in [3.8, 4) is 5.69 Å². The summed E-state index contributed by atoms with van der Waals surface area (Å²) in [6.45, 7) is 0. The lowest BCUT2D eigenvalue weighted by Crippen LogP contribution is -2.37. The van der Waals surface area contributed by atoms with Gasteiger partial charge in [0.15, 0.2) is 0 Å². The Balaban J connectivity index is 1.78. The average molecular weight is 543 g/mol. The van der Waals surface area contributed by atoms with Crippen molar-refractivity contribution in [3.63, 3.8) is 0 Å². The monoisotopic (exact) mass is 542 g/mol. The fourth-order valence-electron chi connectivity index (χ4n) is 4.09. The Hall–Kier alpha value is -3.86. The summed E-state index contributed by atoms with van der Waals surface area (Å²) in [4.78, 5) is 42.5. The Bertz CT molecular complexity index is 1920. The second-order valence-electron chi connectivity index (χ2n) is 7.92. The summed E-state index contributed by atoms with van der Waals surface area (Å²) in [7, 11) is -2.79. The summed E-state index contributed by atoms with van der Waals surface area (Å²) in [6, 6.07) is 16.3. The van der Waals surface area contributed by atoms with Crippen molar-refractivity contribution < 1.29 is 13.2 Å². The lowest BCUT2D eigenvalue weighted by atomic mass is 10.2. The molecule has 182 valence electrons. The number of hydrogen-bond donors (Lipinski definition) is 2. The Morgan fingerprint density at radius 2 is 1.58 bits per heavy atom. The maximum Gasteiger partial charge on any atom is 0.333 e. The van der Waals surface area contributed by atoms with Gasteiger partial charge in [0, 0.05) is 22.5 Å². The van der Waals surface area contributed by atoms with Crippen LogP contribution in [0.25, 0.3) is 27.5 Å². The quantitative estimate of drug-likeness (QED) is 0.359. The van der Waals surface area contributed by atoms with Gasteiger partial charge in [-0.05, 0) is 54.6 Å². The van der Waals surface area contributed by atoms with Crippen molar-refractivity contribution >= 4 is 60.9 Å². The SMILES string of the molecule is Cn1c(C(=O)NS(=O)(=O)c2ccc(Cl)cc2)c(-n2c(=O)[nH]c3ccccc3c2=O)c2cc(Cl)ccc21. The second kappa shape index (κ2) is 8.66. The van der Waals surface area contributed by atoms with Crippen molar-refractivity contribution in [2.24, 2.45) is 7.05 Å². The Morgan fingerprint density at radius 3 is 2.31 bits per heavy atom. The van der Waals surface area contributed by atoms with Crippen molar-refractivity contribution in [1.82, 2.24) is 18.8 Å². The molecule has 0 saturated heterocycles. The van der Waals surface area contributed by atoms with Crippen molar-refractivity contribution in [2.75, 3.05) is 0 Å². The largest absolute Gasteiger partial charge is 0.338 e. The molecule has 5 rings (SSSR count). The highest BCUT2D eigenvalue weighted by molar-refractivity contribution is 7.90. The maximum atomic E-state index is 13.5. The first-order valence-corrected chi connectivity index (χ1v) is 12.7. The first kappa shape index (κ1) is 23.9. The van der Waals surface area contributed by atoms with Crippen LogP contribution in [0.5, 0.6) is 0 Å². The molecule has 9 nitrogen and oxygen atoms in total. The van der Waals surface area contributed by atoms with E-state index in [9.17, 15) is 22.8 Å². The van der Waals surface area contributed by atoms with Crippen molar-refractivity contribution in [3.05, 3.63) is 103 Å². The van der Waals surface area contributed by atoms with Crippen LogP contribution in [0.2, 0.25) is 10.0 Å². The van der Waals surface area contributed by atoms with Gasteiger partial charge in [-0.25, -0.2) is 22.5 Å². The second-order valence-corrected chi connectivity index (χ2v) is 10.5. The molecule has 0 atom stereocenters. The number of fused-ring (bicyclic) bond motifs is 2. The summed E-state index contributed by atoms with van der Waals surface area (Å²) in [5.41, 5.74) is -1.05. The third-order valence-electron chi connectivity index (χ3n) is 5.73. The standard InChI is InChI=1S/C24H16Cl2N4O5S/c1-29-19-11-8-14(26)12-17(19)20(30-23(32)16-4-2-3-5-18(16)27-24(30)33)21(29)22(31)28-36(34,35)15-9-6-13(25)7-10-15/h2-12H,1H3,(H,27,33)(H,28,31). The Morgan fingerprint density at radius 1 is 0.917 bits per heavy atom. The summed E-state index contributed by atoms with van der Waals surface area (Å²) >= 11 is 12.0. The Kier molecular flexibility index (Phi) is 5.74. The van der Waals surface area contributed by atoms with Gasteiger partial charge in [-0.3, -0.25) is 9.59 Å². The van der Waals surface area contributed by atoms with Gasteiger partial charge < -0.3 is 9.55 Å². The predicted octanol–water partition coefficient (Wildman–Crippen LogP) is 3.60. The van der Waals surface area contributed by atoms with Crippen LogP contribution in [0.4, 0.5) is 0 Å². The number of rotatable bonds is 4. The van der Waals surface area contributed by atoms with E-state index in [0.29, 0.717) is 26.5 Å². The lowest BCUT2D eigenvalue weighted by Gasteiger charge is -2.11. The molecule has 5 aromatic rings. The third kappa shape index (κ3) is 3.89. The fourth-order valence-corrected chi connectivity index (χ4v) is 5.34. The van der Waals surface area contributed by atoms with E-state index in [2.05, 4.69) is 4.98 Å². The normalized spacial score (nSPS) is 11.8. The highest BCUT2D eigenvalue weighted by atomic mass is 35.5. The van der Waals surface area contributed by atoms with Crippen LogP contribution in [0.3, 0.4) is 0 Å². The number of sulfonamides is 1. The number of hydrogen-bond acceptors (Lipinski definition) is 5. The number of aryl methyl sites for hydroxylation is 1. The molecule has 12 heteroatoms. The molecular weight excluding hydrogens is 527 g/mol. The fraction of sp³-hybridized carbons (Fsp3) is 0.0417. The molecule has 0 unspecified atom stereocenters. The number of aromatic amines is 1. The topological polar surface area (TPSA) is 123 Å². The zero-order valence-electron chi connectivity index (χ0n) is 18.5. The smallest absolute Gasteiger partial charge is 0.333 e. The highest BCUT2D eigenvalue weighted by Crippen LogP contribution is 2.30. The summed E-state index contributed by atoms with van der Waals surface area (Å²) in [5.74, 6) is -1.05. The molecule has 0 aliphatic heterocycles. The molecule has 0 bridgehead atoms. The molecule has 3 aromatic carbocycles. The number of nitrogens with one attached hydrogen (secondary N) is 2. The minimum absolute atomic E-state index is 0.101. The number of halogens is 2. The molecule has 0 radical (unpaired) electrons. The number of nitrogens with zero attached hydrogens (tertiary/aromatic N) is 2. The first-order valence-electron chi connectivity index (χ1n) is 10.4. The summed E-state index contributed by atoms with van der Waals surface area (Å²) in [6.07, 6.45) is 0. The van der Waals surface area contributed by atoms with E-state index in [1.165, 1.54) is 48.0 Å². The van der Waals surface area contributed by atoms with Crippen LogP contribution < -0.4 is 16.0 Å². The van der Waals surface area contributed by atoms with Crippen LogP contribution in [-0.2, 0) is 17.1 Å². The number of para-hydroxylation sites is 1. The molecule has 2 heterocycles. The van der Waals surface area contributed by atoms with Crippen molar-refractivity contribution in [2.45, 2.75) is 4.90 Å². The lowest BCUT2D eigenvalue weighted by molar-refractivity contribution is 0.0974. The molecule has 0 saturated carbocycles. The van der Waals surface area contributed by atoms with Crippen LogP contribution in [0, 0.1) is 0 Å². The van der Waals surface area contributed by atoms with E-state index in [1.807, 2.05) is 4.72 Å². The van der Waals surface area contributed by atoms with Crippen molar-refractivity contribution in [1.29, 1.82) is 0 Å². The molecular formula is C24H16Cl2N4O5S. The van der Waals surface area contributed by atoms with Gasteiger partial charge in [-0.1, -0.05) is 35.3 Å². The molecule has 0 aliphatic rings. The molecule has 0 aliphatic carbocycles. The van der Waals surface area contributed by atoms with E-state index in [4.69, 9.17) is 23.2 Å². The minimum Gasteiger partial charge on any atom is -0.338 e. The molecule has 2 N–H and O–H groups in total. The van der Waals surface area contributed by atoms with Gasteiger partial charge in [-0.15, -0.1) is 0 Å². The summed E-state index contributed by atoms with van der Waals surface area (Å²) in [5, 5.41) is 1.13. The number of carbonyl (C=O) groups excluding carboxylic acids is 1. The van der Waals surface area contributed by atoms with Gasteiger partial charge >= 0.3 is 5.69 Å². The van der Waals surface area contributed by atoms with Gasteiger partial charge in [-0.2, -0.15) is 0 Å². The van der Waals surface area contributed by atoms with Crippen LogP contribution in [0.1, 0.15) is 10.5 Å². The van der Waals surface area contributed by atoms with Crippen LogP contribution in [0.15, 0.2) is 81.2 Å². The van der Waals surface area contributed by atoms with E-state index in [-0.39, 0.29) is 21.7 Å². The molecule has 1 amide bonds. The van der Waals surface area contributed by atoms with Crippen LogP contribution >= 0.6 is 23.2 Å². The third-order valence-corrected chi connectivity index (χ3v) is 7.56. The van der Waals surface area contributed by atoms with Crippen LogP contribution in [-0.4, -0.2) is 28.4 Å². The number of amides is 1. The van der Waals surface area contributed by atoms with Gasteiger partial charge in [0.05, 0.1) is 27.0 Å². The molecule has 2 aromatic heterocycles. The predicted molar refractivity (Wildman–Crippen MR) is 138 cm³/mol. The number of benzene rings is 3. The molecule has 36 heavy (non-hydrogen) atoms. The molecule has 0 spiro atoms. The van der Waals surface area contributed by atoms with Gasteiger partial charge in [0.2, 0.25) is 0 Å². The Labute approximate surface area is 213 Å². The zero-order valence-corrected chi connectivity index (χ0v) is 20.8. The van der Waals surface area contributed by atoms with Gasteiger partial charge in [0.1, 0.15) is 5.69 Å². The van der Waals surface area contributed by atoms with E-state index in [0.717, 1.165) is 4.57 Å².